The number of amides is 1. The monoisotopic (exact) mass is 440 g/mol. The zero-order chi connectivity index (χ0) is 22.1. The van der Waals surface area contributed by atoms with Gasteiger partial charge in [0.05, 0.1) is 25.0 Å². The summed E-state index contributed by atoms with van der Waals surface area (Å²) in [6.07, 6.45) is 5.78. The van der Waals surface area contributed by atoms with Crippen LogP contribution in [0.15, 0.2) is 34.4 Å². The van der Waals surface area contributed by atoms with E-state index in [0.717, 1.165) is 29.7 Å². The number of phenols is 1. The number of phenolic OH excluding ortho intramolecular Hbond substituents is 1. The molecule has 2 atom stereocenters. The number of hydrazone groups is 1. The quantitative estimate of drug-likeness (QED) is 0.469. The summed E-state index contributed by atoms with van der Waals surface area (Å²) in [4.78, 5) is 32.2. The Balaban J connectivity index is 1.54. The van der Waals surface area contributed by atoms with Crippen LogP contribution in [0.3, 0.4) is 0 Å². The fraction of sp³-hybridized carbons (Fsp3) is 0.364. The van der Waals surface area contributed by atoms with E-state index in [1.165, 1.54) is 35.2 Å². The van der Waals surface area contributed by atoms with Gasteiger partial charge < -0.3 is 9.84 Å². The molecule has 162 valence electrons. The number of benzene rings is 1. The fourth-order valence-corrected chi connectivity index (χ4v) is 5.13. The van der Waals surface area contributed by atoms with E-state index in [0.29, 0.717) is 22.6 Å². The van der Waals surface area contributed by atoms with Crippen molar-refractivity contribution in [3.63, 3.8) is 0 Å². The molecule has 4 rings (SSSR count). The number of methoxy groups -OCH3 is 1. The lowest BCUT2D eigenvalue weighted by molar-refractivity contribution is -0.123. The molecule has 0 saturated carbocycles. The molecule has 0 saturated heterocycles. The molecule has 3 aromatic rings. The van der Waals surface area contributed by atoms with Crippen molar-refractivity contribution in [2.45, 2.75) is 39.2 Å². The number of aryl methyl sites for hydroxylation is 1. The van der Waals surface area contributed by atoms with Gasteiger partial charge in [0, 0.05) is 4.88 Å². The highest BCUT2D eigenvalue weighted by Gasteiger charge is 2.25. The fourth-order valence-electron chi connectivity index (χ4n) is 3.78. The summed E-state index contributed by atoms with van der Waals surface area (Å²) in [5.41, 5.74) is 4.01. The Labute approximate surface area is 183 Å². The molecule has 0 bridgehead atoms. The highest BCUT2D eigenvalue weighted by molar-refractivity contribution is 7.18. The molecular weight excluding hydrogens is 416 g/mol. The normalized spacial score (nSPS) is 16.9. The minimum absolute atomic E-state index is 0.0182. The summed E-state index contributed by atoms with van der Waals surface area (Å²) in [6, 6.07) is 3.94. The van der Waals surface area contributed by atoms with Crippen molar-refractivity contribution >= 4 is 33.7 Å². The zero-order valence-corrected chi connectivity index (χ0v) is 18.4. The topological polar surface area (TPSA) is 106 Å². The number of carbonyl (C=O) groups is 1. The molecule has 31 heavy (non-hydrogen) atoms. The Bertz CT molecular complexity index is 1230. The van der Waals surface area contributed by atoms with Crippen LogP contribution in [0.4, 0.5) is 0 Å². The number of thiophene rings is 1. The highest BCUT2D eigenvalue weighted by atomic mass is 32.1. The zero-order valence-electron chi connectivity index (χ0n) is 17.6. The summed E-state index contributed by atoms with van der Waals surface area (Å²) in [5, 5.41) is 14.2. The number of hydrogen-bond acceptors (Lipinski definition) is 7. The van der Waals surface area contributed by atoms with E-state index >= 15 is 0 Å². The number of aromatic hydroxyl groups is 1. The van der Waals surface area contributed by atoms with Gasteiger partial charge in [-0.15, -0.1) is 11.3 Å². The van der Waals surface area contributed by atoms with Crippen LogP contribution in [-0.2, 0) is 17.6 Å². The van der Waals surface area contributed by atoms with Crippen molar-refractivity contribution < 1.29 is 14.6 Å². The molecule has 1 aliphatic rings. The van der Waals surface area contributed by atoms with Gasteiger partial charge in [0.15, 0.2) is 11.5 Å². The molecule has 0 aliphatic heterocycles. The molecule has 0 spiro atoms. The Morgan fingerprint density at radius 3 is 3.06 bits per heavy atom. The molecular formula is C22H24N4O4S. The smallest absolute Gasteiger partial charge is 0.263 e. The number of fused-ring (bicyclic) bond motifs is 3. The minimum atomic E-state index is -0.769. The van der Waals surface area contributed by atoms with Gasteiger partial charge in [-0.25, -0.2) is 10.4 Å². The van der Waals surface area contributed by atoms with E-state index in [-0.39, 0.29) is 11.3 Å². The average molecular weight is 441 g/mol. The number of nitrogens with zero attached hydrogens (tertiary/aromatic N) is 3. The minimum Gasteiger partial charge on any atom is -0.504 e. The van der Waals surface area contributed by atoms with E-state index in [4.69, 9.17) is 4.74 Å². The molecule has 2 heterocycles. The first kappa shape index (κ1) is 21.0. The molecule has 0 radical (unpaired) electrons. The van der Waals surface area contributed by atoms with Crippen LogP contribution < -0.4 is 15.7 Å². The maximum atomic E-state index is 13.2. The van der Waals surface area contributed by atoms with Gasteiger partial charge in [-0.05, 0) is 61.4 Å². The standard InChI is InChI=1S/C22H24N4O4S/c1-12-4-6-15-18(8-12)31-21-19(15)22(29)26(11-23-21)13(2)20(28)25-24-10-14-5-7-16(27)17(9-14)30-3/h5,7,9-13,27H,4,6,8H2,1-3H3,(H,25,28)/b24-10+/t12-,13-/m0/s1. The van der Waals surface area contributed by atoms with Crippen LogP contribution in [0.1, 0.15) is 42.3 Å². The first-order valence-electron chi connectivity index (χ1n) is 10.1. The molecule has 2 aromatic heterocycles. The molecule has 1 aliphatic carbocycles. The summed E-state index contributed by atoms with van der Waals surface area (Å²) in [7, 11) is 1.45. The van der Waals surface area contributed by atoms with Gasteiger partial charge in [0.2, 0.25) is 0 Å². The summed E-state index contributed by atoms with van der Waals surface area (Å²) >= 11 is 1.59. The second-order valence-electron chi connectivity index (χ2n) is 7.83. The maximum absolute atomic E-state index is 13.2. The van der Waals surface area contributed by atoms with Crippen molar-refractivity contribution in [1.82, 2.24) is 15.0 Å². The van der Waals surface area contributed by atoms with Crippen molar-refractivity contribution in [3.05, 3.63) is 50.9 Å². The molecule has 8 nitrogen and oxygen atoms in total. The number of carbonyl (C=O) groups excluding carboxylic acids is 1. The molecule has 9 heteroatoms. The van der Waals surface area contributed by atoms with Crippen LogP contribution in [0.2, 0.25) is 0 Å². The summed E-state index contributed by atoms with van der Waals surface area (Å²) in [5.74, 6) is 0.509. The predicted molar refractivity (Wildman–Crippen MR) is 120 cm³/mol. The highest BCUT2D eigenvalue weighted by Crippen LogP contribution is 2.35. The van der Waals surface area contributed by atoms with Crippen LogP contribution in [0.25, 0.3) is 10.2 Å². The SMILES string of the molecule is COc1cc(/C=N/NC(=O)[C@H](C)n2cnc3sc4c(c3c2=O)CC[C@H](C)C4)ccc1O. The van der Waals surface area contributed by atoms with E-state index in [9.17, 15) is 14.7 Å². The summed E-state index contributed by atoms with van der Waals surface area (Å²) < 4.78 is 6.42. The molecule has 1 aromatic carbocycles. The van der Waals surface area contributed by atoms with E-state index in [2.05, 4.69) is 22.4 Å². The van der Waals surface area contributed by atoms with Crippen molar-refractivity contribution in [1.29, 1.82) is 0 Å². The predicted octanol–water partition coefficient (Wildman–Crippen LogP) is 3.01. The van der Waals surface area contributed by atoms with Gasteiger partial charge >= 0.3 is 0 Å². The van der Waals surface area contributed by atoms with Crippen LogP contribution in [-0.4, -0.2) is 33.9 Å². The Morgan fingerprint density at radius 1 is 1.48 bits per heavy atom. The molecule has 0 fully saturated rings. The third-order valence-electron chi connectivity index (χ3n) is 5.63. The summed E-state index contributed by atoms with van der Waals surface area (Å²) in [6.45, 7) is 3.87. The molecule has 2 N–H and O–H groups in total. The lowest BCUT2D eigenvalue weighted by atomic mass is 9.89. The third kappa shape index (κ3) is 4.05. The third-order valence-corrected chi connectivity index (χ3v) is 6.79. The van der Waals surface area contributed by atoms with Crippen molar-refractivity contribution in [3.8, 4) is 11.5 Å². The lowest BCUT2D eigenvalue weighted by Gasteiger charge is -2.18. The second kappa shape index (κ2) is 8.50. The van der Waals surface area contributed by atoms with Gasteiger partial charge in [0.1, 0.15) is 10.9 Å². The maximum Gasteiger partial charge on any atom is 0.263 e. The first-order chi connectivity index (χ1) is 14.9. The number of rotatable bonds is 5. The lowest BCUT2D eigenvalue weighted by Crippen LogP contribution is -2.34. The number of aromatic nitrogens is 2. The van der Waals surface area contributed by atoms with Gasteiger partial charge in [-0.3, -0.25) is 14.2 Å². The largest absolute Gasteiger partial charge is 0.504 e. The molecule has 0 unspecified atom stereocenters. The van der Waals surface area contributed by atoms with Crippen molar-refractivity contribution in [2.24, 2.45) is 11.0 Å². The molecule has 1 amide bonds. The Morgan fingerprint density at radius 2 is 2.29 bits per heavy atom. The Kier molecular flexibility index (Phi) is 5.77. The average Bonchev–Trinajstić information content (AvgIpc) is 3.12. The van der Waals surface area contributed by atoms with Crippen LogP contribution in [0, 0.1) is 5.92 Å². The first-order valence-corrected chi connectivity index (χ1v) is 10.9. The van der Waals surface area contributed by atoms with Crippen LogP contribution >= 0.6 is 11.3 Å². The van der Waals surface area contributed by atoms with Gasteiger partial charge in [-0.2, -0.15) is 5.10 Å². The van der Waals surface area contributed by atoms with Gasteiger partial charge in [-0.1, -0.05) is 6.92 Å². The number of nitrogens with one attached hydrogen (secondary N) is 1. The number of ether oxygens (including phenoxy) is 1. The van der Waals surface area contributed by atoms with E-state index in [1.807, 2.05) is 0 Å². The van der Waals surface area contributed by atoms with E-state index < -0.39 is 11.9 Å². The van der Waals surface area contributed by atoms with Crippen molar-refractivity contribution in [2.75, 3.05) is 7.11 Å². The van der Waals surface area contributed by atoms with E-state index in [1.54, 1.807) is 30.4 Å². The Hall–Kier alpha value is -3.20. The van der Waals surface area contributed by atoms with Gasteiger partial charge in [0.25, 0.3) is 11.5 Å². The van der Waals surface area contributed by atoms with Crippen LogP contribution in [0.5, 0.6) is 11.5 Å². The number of hydrogen-bond donors (Lipinski definition) is 2. The second-order valence-corrected chi connectivity index (χ2v) is 8.91.